The van der Waals surface area contributed by atoms with Gasteiger partial charge in [-0.25, -0.2) is 4.98 Å². The van der Waals surface area contributed by atoms with Gasteiger partial charge in [0, 0.05) is 25.1 Å². The Morgan fingerprint density at radius 3 is 2.83 bits per heavy atom. The molecule has 5 nitrogen and oxygen atoms in total. The lowest BCUT2D eigenvalue weighted by Crippen LogP contribution is -2.10. The van der Waals surface area contributed by atoms with Gasteiger partial charge in [-0.15, -0.1) is 0 Å². The highest BCUT2D eigenvalue weighted by Crippen LogP contribution is 2.26. The van der Waals surface area contributed by atoms with E-state index >= 15 is 0 Å². The number of hydrogen-bond acceptors (Lipinski definition) is 4. The van der Waals surface area contributed by atoms with Crippen LogP contribution in [-0.2, 0) is 12.8 Å². The number of benzene rings is 1. The van der Waals surface area contributed by atoms with Crippen LogP contribution in [0.1, 0.15) is 16.3 Å². The fraction of sp³-hybridized carbons (Fsp3) is 0.125. The van der Waals surface area contributed by atoms with Crippen LogP contribution in [0.15, 0.2) is 52.3 Å². The van der Waals surface area contributed by atoms with Crippen LogP contribution in [0.4, 0.5) is 5.69 Å². The molecule has 1 aromatic carbocycles. The molecule has 2 heterocycles. The average Bonchev–Trinajstić information content (AvgIpc) is 3.18. The summed E-state index contributed by atoms with van der Waals surface area (Å²) in [5, 5.41) is 4.41. The third kappa shape index (κ3) is 3.95. The highest BCUT2D eigenvalue weighted by atomic mass is 35.5. The molecule has 1 amide bonds. The Morgan fingerprint density at radius 1 is 1.29 bits per heavy atom. The Labute approximate surface area is 153 Å². The first-order chi connectivity index (χ1) is 11.5. The Bertz CT molecular complexity index is 876. The van der Waals surface area contributed by atoms with Gasteiger partial charge in [0.25, 0.3) is 5.91 Å². The molecule has 24 heavy (non-hydrogen) atoms. The van der Waals surface area contributed by atoms with Gasteiger partial charge < -0.3 is 14.3 Å². The zero-order valence-electron chi connectivity index (χ0n) is 12.6. The Hall–Kier alpha value is -1.89. The molecule has 0 saturated carbocycles. The SMILES string of the molecule is Cn1ccnc1SCc1ccc(C(=O)Nc2ccc(Cl)c(Cl)c2)o1. The summed E-state index contributed by atoms with van der Waals surface area (Å²) in [5.41, 5.74) is 0.551. The van der Waals surface area contributed by atoms with E-state index < -0.39 is 0 Å². The predicted octanol–water partition coefficient (Wildman–Crippen LogP) is 4.86. The molecule has 1 N–H and O–H groups in total. The molecule has 0 bridgehead atoms. The number of rotatable bonds is 5. The first-order valence-electron chi connectivity index (χ1n) is 6.98. The number of amides is 1. The van der Waals surface area contributed by atoms with Crippen LogP contribution in [0.2, 0.25) is 10.0 Å². The standard InChI is InChI=1S/C16H13Cl2N3O2S/c1-21-7-6-19-16(21)24-9-11-3-5-14(23-11)15(22)20-10-2-4-12(17)13(18)8-10/h2-8H,9H2,1H3,(H,20,22). The number of thioether (sulfide) groups is 1. The fourth-order valence-electron chi connectivity index (χ4n) is 1.97. The molecule has 8 heteroatoms. The van der Waals surface area contributed by atoms with E-state index in [9.17, 15) is 4.79 Å². The molecule has 0 unspecified atom stereocenters. The lowest BCUT2D eigenvalue weighted by Gasteiger charge is -2.04. The summed E-state index contributed by atoms with van der Waals surface area (Å²) >= 11 is 13.3. The molecular weight excluding hydrogens is 369 g/mol. The number of furan rings is 1. The van der Waals surface area contributed by atoms with Crippen molar-refractivity contribution in [1.82, 2.24) is 9.55 Å². The maximum Gasteiger partial charge on any atom is 0.291 e. The summed E-state index contributed by atoms with van der Waals surface area (Å²) in [6.07, 6.45) is 3.61. The zero-order chi connectivity index (χ0) is 17.1. The van der Waals surface area contributed by atoms with Gasteiger partial charge in [-0.05, 0) is 30.3 Å². The second kappa shape index (κ2) is 7.34. The molecule has 0 radical (unpaired) electrons. The van der Waals surface area contributed by atoms with Crippen molar-refractivity contribution in [2.75, 3.05) is 5.32 Å². The number of nitrogens with one attached hydrogen (secondary N) is 1. The summed E-state index contributed by atoms with van der Waals surface area (Å²) in [7, 11) is 1.92. The van der Waals surface area contributed by atoms with Gasteiger partial charge in [0.05, 0.1) is 15.8 Å². The van der Waals surface area contributed by atoms with E-state index in [4.69, 9.17) is 27.6 Å². The molecule has 0 aliphatic heterocycles. The molecule has 0 spiro atoms. The minimum Gasteiger partial charge on any atom is -0.455 e. The summed E-state index contributed by atoms with van der Waals surface area (Å²) in [6, 6.07) is 8.30. The third-order valence-electron chi connectivity index (χ3n) is 3.18. The summed E-state index contributed by atoms with van der Waals surface area (Å²) in [6.45, 7) is 0. The van der Waals surface area contributed by atoms with E-state index in [-0.39, 0.29) is 11.7 Å². The van der Waals surface area contributed by atoms with Crippen LogP contribution in [0.25, 0.3) is 0 Å². The van der Waals surface area contributed by atoms with Crippen molar-refractivity contribution in [1.29, 1.82) is 0 Å². The maximum absolute atomic E-state index is 12.2. The van der Waals surface area contributed by atoms with Gasteiger partial charge in [-0.1, -0.05) is 35.0 Å². The molecule has 2 aromatic heterocycles. The summed E-state index contributed by atoms with van der Waals surface area (Å²) < 4.78 is 7.50. The minimum absolute atomic E-state index is 0.233. The molecular formula is C16H13Cl2N3O2S. The minimum atomic E-state index is -0.346. The summed E-state index contributed by atoms with van der Waals surface area (Å²) in [4.78, 5) is 16.4. The van der Waals surface area contributed by atoms with Crippen molar-refractivity contribution in [3.63, 3.8) is 0 Å². The van der Waals surface area contributed by atoms with Gasteiger partial charge >= 0.3 is 0 Å². The lowest BCUT2D eigenvalue weighted by molar-refractivity contribution is 0.0995. The van der Waals surface area contributed by atoms with Gasteiger partial charge in [0.1, 0.15) is 5.76 Å². The molecule has 0 aliphatic rings. The quantitative estimate of drug-likeness (QED) is 0.640. The number of nitrogens with zero attached hydrogens (tertiary/aromatic N) is 2. The molecule has 124 valence electrons. The molecule has 0 aliphatic carbocycles. The van der Waals surface area contributed by atoms with Crippen molar-refractivity contribution in [2.24, 2.45) is 7.05 Å². The van der Waals surface area contributed by atoms with E-state index in [1.807, 2.05) is 17.8 Å². The number of aromatic nitrogens is 2. The highest BCUT2D eigenvalue weighted by Gasteiger charge is 2.13. The van der Waals surface area contributed by atoms with Crippen LogP contribution in [-0.4, -0.2) is 15.5 Å². The van der Waals surface area contributed by atoms with Crippen molar-refractivity contribution in [2.45, 2.75) is 10.9 Å². The van der Waals surface area contributed by atoms with Crippen LogP contribution in [0, 0.1) is 0 Å². The molecule has 0 atom stereocenters. The normalized spacial score (nSPS) is 10.8. The van der Waals surface area contributed by atoms with Crippen LogP contribution in [0.5, 0.6) is 0 Å². The monoisotopic (exact) mass is 381 g/mol. The first-order valence-corrected chi connectivity index (χ1v) is 8.72. The second-order valence-corrected chi connectivity index (χ2v) is 6.72. The van der Waals surface area contributed by atoms with E-state index in [1.165, 1.54) is 11.8 Å². The smallest absolute Gasteiger partial charge is 0.291 e. The first kappa shape index (κ1) is 17.0. The molecule has 0 saturated heterocycles. The Kier molecular flexibility index (Phi) is 5.18. The van der Waals surface area contributed by atoms with Gasteiger partial charge in [-0.3, -0.25) is 4.79 Å². The highest BCUT2D eigenvalue weighted by molar-refractivity contribution is 7.98. The molecule has 3 aromatic rings. The fourth-order valence-corrected chi connectivity index (χ4v) is 3.10. The van der Waals surface area contributed by atoms with Gasteiger partial charge in [0.2, 0.25) is 0 Å². The number of carbonyl (C=O) groups excluding carboxylic acids is 1. The molecule has 0 fully saturated rings. The number of carbonyl (C=O) groups is 1. The van der Waals surface area contributed by atoms with Crippen molar-refractivity contribution in [3.8, 4) is 0 Å². The third-order valence-corrected chi connectivity index (χ3v) is 5.00. The second-order valence-electron chi connectivity index (χ2n) is 4.96. The van der Waals surface area contributed by atoms with E-state index in [2.05, 4.69) is 10.3 Å². The van der Waals surface area contributed by atoms with E-state index in [0.717, 1.165) is 5.16 Å². The summed E-state index contributed by atoms with van der Waals surface area (Å²) in [5.74, 6) is 1.17. The van der Waals surface area contributed by atoms with E-state index in [0.29, 0.717) is 27.2 Å². The number of hydrogen-bond donors (Lipinski definition) is 1. The maximum atomic E-state index is 12.2. The Morgan fingerprint density at radius 2 is 2.12 bits per heavy atom. The van der Waals surface area contributed by atoms with Crippen LogP contribution >= 0.6 is 35.0 Å². The zero-order valence-corrected chi connectivity index (χ0v) is 15.0. The number of halogens is 2. The van der Waals surface area contributed by atoms with Gasteiger partial charge in [0.15, 0.2) is 10.9 Å². The predicted molar refractivity (Wildman–Crippen MR) is 95.9 cm³/mol. The Balaban J connectivity index is 1.63. The number of anilines is 1. The van der Waals surface area contributed by atoms with Crippen molar-refractivity contribution < 1.29 is 9.21 Å². The van der Waals surface area contributed by atoms with Crippen LogP contribution in [0.3, 0.4) is 0 Å². The van der Waals surface area contributed by atoms with Crippen LogP contribution < -0.4 is 5.32 Å². The van der Waals surface area contributed by atoms with Gasteiger partial charge in [-0.2, -0.15) is 0 Å². The lowest BCUT2D eigenvalue weighted by atomic mass is 10.3. The van der Waals surface area contributed by atoms with E-state index in [1.54, 1.807) is 36.5 Å². The topological polar surface area (TPSA) is 60.1 Å². The average molecular weight is 382 g/mol. The van der Waals surface area contributed by atoms with Crippen molar-refractivity contribution >= 4 is 46.6 Å². The van der Waals surface area contributed by atoms with Crippen molar-refractivity contribution in [3.05, 3.63) is 64.3 Å². The largest absolute Gasteiger partial charge is 0.455 e. The number of aryl methyl sites for hydroxylation is 1. The molecule has 3 rings (SSSR count). The number of imidazole rings is 1.